The summed E-state index contributed by atoms with van der Waals surface area (Å²) in [6.07, 6.45) is 1.12. The van der Waals surface area contributed by atoms with Crippen molar-refractivity contribution >= 4 is 18.0 Å². The molecule has 2 rings (SSSR count). The summed E-state index contributed by atoms with van der Waals surface area (Å²) in [6, 6.07) is 6.58. The van der Waals surface area contributed by atoms with E-state index in [2.05, 4.69) is 10.6 Å². The normalized spacial score (nSPS) is 16.0. The molecule has 2 amide bonds. The van der Waals surface area contributed by atoms with E-state index in [4.69, 9.17) is 14.2 Å². The number of esters is 2. The van der Waals surface area contributed by atoms with Crippen molar-refractivity contribution < 1.29 is 28.6 Å². The molecule has 1 aliphatic heterocycles. The summed E-state index contributed by atoms with van der Waals surface area (Å²) < 4.78 is 16.0. The van der Waals surface area contributed by atoms with Crippen molar-refractivity contribution in [2.45, 2.75) is 46.1 Å². The standard InChI is InChI=1S/C21H28N2O6/c1-4-15-19(20(25)28-6-3)16(23-21(26)22-15)13-29-18(24)12-11-14-9-7-8-10-17(14)27-5-2/h7-10,15H,4-6,11-13H2,1-3H3,(H2,22,23,26)/t15-/m1/s1. The minimum absolute atomic E-state index is 0.148. The number of aryl methyl sites for hydroxylation is 1. The van der Waals surface area contributed by atoms with Gasteiger partial charge in [-0.2, -0.15) is 0 Å². The molecule has 1 aromatic carbocycles. The Bertz CT molecular complexity index is 774. The first-order valence-corrected chi connectivity index (χ1v) is 9.84. The number of carbonyl (C=O) groups is 3. The molecule has 1 atom stereocenters. The lowest BCUT2D eigenvalue weighted by molar-refractivity contribution is -0.143. The lowest BCUT2D eigenvalue weighted by Gasteiger charge is -2.28. The maximum absolute atomic E-state index is 12.3. The molecule has 0 spiro atoms. The van der Waals surface area contributed by atoms with Gasteiger partial charge in [0.05, 0.1) is 30.5 Å². The largest absolute Gasteiger partial charge is 0.494 e. The zero-order valence-electron chi connectivity index (χ0n) is 17.1. The van der Waals surface area contributed by atoms with E-state index >= 15 is 0 Å². The molecule has 1 aliphatic rings. The molecule has 29 heavy (non-hydrogen) atoms. The van der Waals surface area contributed by atoms with Crippen LogP contribution in [0.4, 0.5) is 4.79 Å². The highest BCUT2D eigenvalue weighted by atomic mass is 16.5. The van der Waals surface area contributed by atoms with E-state index in [0.717, 1.165) is 11.3 Å². The summed E-state index contributed by atoms with van der Waals surface area (Å²) in [7, 11) is 0. The fraction of sp³-hybridized carbons (Fsp3) is 0.476. The van der Waals surface area contributed by atoms with Gasteiger partial charge in [-0.15, -0.1) is 0 Å². The predicted octanol–water partition coefficient (Wildman–Crippen LogP) is 2.47. The van der Waals surface area contributed by atoms with Gasteiger partial charge in [-0.1, -0.05) is 25.1 Å². The van der Waals surface area contributed by atoms with Crippen LogP contribution in [0.25, 0.3) is 0 Å². The summed E-state index contributed by atoms with van der Waals surface area (Å²) in [5, 5.41) is 5.23. The van der Waals surface area contributed by atoms with Crippen LogP contribution in [0.2, 0.25) is 0 Å². The van der Waals surface area contributed by atoms with Crippen LogP contribution in [0.5, 0.6) is 5.75 Å². The van der Waals surface area contributed by atoms with Crippen LogP contribution in [0.3, 0.4) is 0 Å². The molecule has 0 aromatic heterocycles. The number of amides is 2. The molecule has 8 heteroatoms. The number of ether oxygens (including phenoxy) is 3. The van der Waals surface area contributed by atoms with Crippen LogP contribution >= 0.6 is 0 Å². The first kappa shape index (κ1) is 22.3. The molecule has 0 aliphatic carbocycles. The molecule has 0 fully saturated rings. The molecule has 2 N–H and O–H groups in total. The summed E-state index contributed by atoms with van der Waals surface area (Å²) in [6.45, 7) is 5.99. The van der Waals surface area contributed by atoms with Crippen molar-refractivity contribution in [3.8, 4) is 5.75 Å². The van der Waals surface area contributed by atoms with Gasteiger partial charge in [0, 0.05) is 6.42 Å². The second kappa shape index (κ2) is 11.1. The van der Waals surface area contributed by atoms with Gasteiger partial charge >= 0.3 is 18.0 Å². The molecule has 158 valence electrons. The molecule has 0 bridgehead atoms. The minimum atomic E-state index is -0.538. The van der Waals surface area contributed by atoms with E-state index < -0.39 is 24.0 Å². The van der Waals surface area contributed by atoms with Crippen molar-refractivity contribution in [3.05, 3.63) is 41.1 Å². The highest BCUT2D eigenvalue weighted by molar-refractivity contribution is 5.94. The second-order valence-corrected chi connectivity index (χ2v) is 6.37. The van der Waals surface area contributed by atoms with Crippen molar-refractivity contribution in [3.63, 3.8) is 0 Å². The van der Waals surface area contributed by atoms with Gasteiger partial charge in [0.2, 0.25) is 0 Å². The Morgan fingerprint density at radius 2 is 1.83 bits per heavy atom. The minimum Gasteiger partial charge on any atom is -0.494 e. The second-order valence-electron chi connectivity index (χ2n) is 6.37. The lowest BCUT2D eigenvalue weighted by Crippen LogP contribution is -2.51. The average Bonchev–Trinajstić information content (AvgIpc) is 2.71. The van der Waals surface area contributed by atoms with Crippen LogP contribution in [0.1, 0.15) is 39.2 Å². The fourth-order valence-corrected chi connectivity index (χ4v) is 3.04. The van der Waals surface area contributed by atoms with Gasteiger partial charge in [0.25, 0.3) is 0 Å². The Kier molecular flexibility index (Phi) is 8.51. The first-order valence-electron chi connectivity index (χ1n) is 9.84. The maximum Gasteiger partial charge on any atom is 0.338 e. The summed E-state index contributed by atoms with van der Waals surface area (Å²) in [4.78, 5) is 36.4. The van der Waals surface area contributed by atoms with Gasteiger partial charge < -0.3 is 24.8 Å². The number of carbonyl (C=O) groups excluding carboxylic acids is 3. The first-order chi connectivity index (χ1) is 14.0. The summed E-state index contributed by atoms with van der Waals surface area (Å²) >= 11 is 0. The SMILES string of the molecule is CCOC(=O)C1=C(COC(=O)CCc2ccccc2OCC)NC(=O)N[C@@H]1CC. The summed E-state index contributed by atoms with van der Waals surface area (Å²) in [5.41, 5.74) is 1.45. The van der Waals surface area contributed by atoms with Crippen LogP contribution < -0.4 is 15.4 Å². The molecule has 1 aromatic rings. The van der Waals surface area contributed by atoms with Gasteiger partial charge in [0.1, 0.15) is 12.4 Å². The molecule has 0 saturated heterocycles. The third kappa shape index (κ3) is 6.23. The smallest absolute Gasteiger partial charge is 0.338 e. The fourth-order valence-electron chi connectivity index (χ4n) is 3.04. The van der Waals surface area contributed by atoms with Crippen molar-refractivity contribution in [1.29, 1.82) is 0 Å². The van der Waals surface area contributed by atoms with Gasteiger partial charge in [-0.05, 0) is 38.3 Å². The van der Waals surface area contributed by atoms with E-state index in [1.54, 1.807) is 6.92 Å². The van der Waals surface area contributed by atoms with E-state index in [1.165, 1.54) is 0 Å². The topological polar surface area (TPSA) is 103 Å². The summed E-state index contributed by atoms with van der Waals surface area (Å²) in [5.74, 6) is -0.233. The van der Waals surface area contributed by atoms with E-state index in [0.29, 0.717) is 19.4 Å². The number of rotatable bonds is 10. The molecular weight excluding hydrogens is 376 g/mol. The third-order valence-electron chi connectivity index (χ3n) is 4.40. The monoisotopic (exact) mass is 404 g/mol. The number of para-hydroxylation sites is 1. The highest BCUT2D eigenvalue weighted by Crippen LogP contribution is 2.20. The number of benzene rings is 1. The lowest BCUT2D eigenvalue weighted by atomic mass is 10.0. The molecule has 0 unspecified atom stereocenters. The molecule has 8 nitrogen and oxygen atoms in total. The highest BCUT2D eigenvalue weighted by Gasteiger charge is 2.31. The molecule has 0 radical (unpaired) electrons. The van der Waals surface area contributed by atoms with Gasteiger partial charge in [0.15, 0.2) is 0 Å². The number of nitrogens with one attached hydrogen (secondary N) is 2. The van der Waals surface area contributed by atoms with Crippen molar-refractivity contribution in [1.82, 2.24) is 10.6 Å². The number of hydrogen-bond acceptors (Lipinski definition) is 6. The van der Waals surface area contributed by atoms with Crippen molar-refractivity contribution in [2.24, 2.45) is 0 Å². The van der Waals surface area contributed by atoms with Crippen LogP contribution in [-0.2, 0) is 25.5 Å². The molecular formula is C21H28N2O6. The van der Waals surface area contributed by atoms with E-state index in [-0.39, 0.29) is 30.9 Å². The van der Waals surface area contributed by atoms with Gasteiger partial charge in [-0.25, -0.2) is 9.59 Å². The van der Waals surface area contributed by atoms with Crippen LogP contribution in [-0.4, -0.2) is 43.8 Å². The maximum atomic E-state index is 12.3. The van der Waals surface area contributed by atoms with Crippen LogP contribution in [0.15, 0.2) is 35.5 Å². The van der Waals surface area contributed by atoms with E-state index in [9.17, 15) is 14.4 Å². The molecule has 0 saturated carbocycles. The van der Waals surface area contributed by atoms with E-state index in [1.807, 2.05) is 38.1 Å². The predicted molar refractivity (Wildman–Crippen MR) is 106 cm³/mol. The zero-order valence-corrected chi connectivity index (χ0v) is 17.1. The Hall–Kier alpha value is -3.03. The Balaban J connectivity index is 2.02. The number of urea groups is 1. The van der Waals surface area contributed by atoms with Gasteiger partial charge in [-0.3, -0.25) is 4.79 Å². The molecule has 1 heterocycles. The third-order valence-corrected chi connectivity index (χ3v) is 4.40. The quantitative estimate of drug-likeness (QED) is 0.581. The van der Waals surface area contributed by atoms with Crippen molar-refractivity contribution in [2.75, 3.05) is 19.8 Å². The Morgan fingerprint density at radius 3 is 2.52 bits per heavy atom. The zero-order chi connectivity index (χ0) is 21.2. The Morgan fingerprint density at radius 1 is 1.07 bits per heavy atom. The number of hydrogen-bond donors (Lipinski definition) is 2. The van der Waals surface area contributed by atoms with Crippen LogP contribution in [0, 0.1) is 0 Å². The Labute approximate surface area is 170 Å². The average molecular weight is 404 g/mol.